The van der Waals surface area contributed by atoms with Crippen molar-refractivity contribution in [2.75, 3.05) is 10.6 Å². The lowest BCUT2D eigenvalue weighted by molar-refractivity contribution is -0.137. The lowest BCUT2D eigenvalue weighted by Gasteiger charge is -2.17. The number of hydrogen-bond donors (Lipinski definition) is 3. The number of pyridine rings is 1. The van der Waals surface area contributed by atoms with Crippen LogP contribution in [0.2, 0.25) is 5.02 Å². The first-order valence-corrected chi connectivity index (χ1v) is 10.1. The Morgan fingerprint density at radius 2 is 1.90 bits per heavy atom. The standard InChI is InChI=1S/C19H15ClF3N5O2S/c1-10(11-2-4-14(20)13(6-11)19(21,22)23)26-18(30)27-12-3-5-16(24-7-12)28-17(29)15-8-31-9-25-15/h2-10H,1H3,(H,24,28,29)(H2,26,27,30). The predicted molar refractivity (Wildman–Crippen MR) is 111 cm³/mol. The van der Waals surface area contributed by atoms with Crippen molar-refractivity contribution in [1.29, 1.82) is 0 Å². The third-order valence-electron chi connectivity index (χ3n) is 4.07. The van der Waals surface area contributed by atoms with Crippen LogP contribution in [0.15, 0.2) is 47.4 Å². The average Bonchev–Trinajstić information content (AvgIpc) is 3.24. The lowest BCUT2D eigenvalue weighted by atomic mass is 10.0. The van der Waals surface area contributed by atoms with Gasteiger partial charge in [-0.25, -0.2) is 14.8 Å². The normalized spacial score (nSPS) is 12.2. The van der Waals surface area contributed by atoms with E-state index in [4.69, 9.17) is 11.6 Å². The fourth-order valence-electron chi connectivity index (χ4n) is 2.52. The summed E-state index contributed by atoms with van der Waals surface area (Å²) in [6, 6.07) is 5.08. The molecule has 3 rings (SSSR count). The van der Waals surface area contributed by atoms with E-state index >= 15 is 0 Å². The van der Waals surface area contributed by atoms with Crippen LogP contribution in [-0.2, 0) is 6.18 Å². The van der Waals surface area contributed by atoms with Crippen LogP contribution in [0.1, 0.15) is 34.6 Å². The van der Waals surface area contributed by atoms with Gasteiger partial charge in [0.05, 0.1) is 34.0 Å². The van der Waals surface area contributed by atoms with Gasteiger partial charge in [0.25, 0.3) is 5.91 Å². The molecule has 0 saturated heterocycles. The monoisotopic (exact) mass is 469 g/mol. The Kier molecular flexibility index (Phi) is 6.76. The topological polar surface area (TPSA) is 96.0 Å². The van der Waals surface area contributed by atoms with E-state index in [1.807, 2.05) is 0 Å². The van der Waals surface area contributed by atoms with Crippen LogP contribution >= 0.6 is 22.9 Å². The number of urea groups is 1. The molecule has 0 aliphatic heterocycles. The third kappa shape index (κ3) is 5.92. The van der Waals surface area contributed by atoms with Crippen LogP contribution in [-0.4, -0.2) is 21.9 Å². The molecule has 3 aromatic rings. The summed E-state index contributed by atoms with van der Waals surface area (Å²) >= 11 is 6.90. The summed E-state index contributed by atoms with van der Waals surface area (Å²) in [6.45, 7) is 1.54. The fourth-order valence-corrected chi connectivity index (χ4v) is 3.28. The van der Waals surface area contributed by atoms with Gasteiger partial charge in [-0.2, -0.15) is 13.2 Å². The summed E-state index contributed by atoms with van der Waals surface area (Å²) in [5, 5.41) is 8.81. The highest BCUT2D eigenvalue weighted by molar-refractivity contribution is 7.07. The van der Waals surface area contributed by atoms with Crippen molar-refractivity contribution < 1.29 is 22.8 Å². The summed E-state index contributed by atoms with van der Waals surface area (Å²) in [7, 11) is 0. The highest BCUT2D eigenvalue weighted by Gasteiger charge is 2.33. The zero-order valence-electron chi connectivity index (χ0n) is 15.8. The molecule has 3 N–H and O–H groups in total. The SMILES string of the molecule is CC(NC(=O)Nc1ccc(NC(=O)c2cscn2)nc1)c1ccc(Cl)c(C(F)(F)F)c1. The Hall–Kier alpha value is -3.18. The molecule has 2 aromatic heterocycles. The van der Waals surface area contributed by atoms with Crippen molar-refractivity contribution in [1.82, 2.24) is 15.3 Å². The first-order valence-electron chi connectivity index (χ1n) is 8.73. The van der Waals surface area contributed by atoms with Crippen molar-refractivity contribution in [3.05, 3.63) is 69.3 Å². The molecule has 0 spiro atoms. The molecule has 162 valence electrons. The molecular weight excluding hydrogens is 455 g/mol. The van der Waals surface area contributed by atoms with E-state index in [1.165, 1.54) is 41.2 Å². The second-order valence-corrected chi connectivity index (χ2v) is 7.44. The van der Waals surface area contributed by atoms with Crippen LogP contribution < -0.4 is 16.0 Å². The number of anilines is 2. The van der Waals surface area contributed by atoms with Crippen LogP contribution in [0.3, 0.4) is 0 Å². The number of carbonyl (C=O) groups is 2. The molecule has 0 saturated carbocycles. The Morgan fingerprint density at radius 1 is 1.13 bits per heavy atom. The number of hydrogen-bond acceptors (Lipinski definition) is 5. The number of thiazole rings is 1. The van der Waals surface area contributed by atoms with Gasteiger partial charge in [-0.1, -0.05) is 17.7 Å². The number of alkyl halides is 3. The van der Waals surface area contributed by atoms with Crippen LogP contribution in [0.4, 0.5) is 29.5 Å². The Balaban J connectivity index is 1.58. The minimum atomic E-state index is -4.60. The molecular formula is C19H15ClF3N5O2S. The van der Waals surface area contributed by atoms with E-state index in [-0.39, 0.29) is 17.1 Å². The lowest BCUT2D eigenvalue weighted by Crippen LogP contribution is -2.31. The molecule has 0 aliphatic rings. The van der Waals surface area contributed by atoms with Crippen LogP contribution in [0, 0.1) is 0 Å². The van der Waals surface area contributed by atoms with E-state index in [1.54, 1.807) is 12.3 Å². The number of carbonyl (C=O) groups excluding carboxylic acids is 2. The number of aromatic nitrogens is 2. The van der Waals surface area contributed by atoms with E-state index in [9.17, 15) is 22.8 Å². The van der Waals surface area contributed by atoms with Crippen molar-refractivity contribution in [3.63, 3.8) is 0 Å². The van der Waals surface area contributed by atoms with Crippen molar-refractivity contribution in [2.24, 2.45) is 0 Å². The van der Waals surface area contributed by atoms with E-state index in [2.05, 4.69) is 25.9 Å². The van der Waals surface area contributed by atoms with E-state index in [0.29, 0.717) is 5.69 Å². The predicted octanol–water partition coefficient (Wildman–Crippen LogP) is 5.35. The second kappa shape index (κ2) is 9.31. The molecule has 0 fully saturated rings. The molecule has 12 heteroatoms. The minimum absolute atomic E-state index is 0.241. The largest absolute Gasteiger partial charge is 0.417 e. The maximum atomic E-state index is 13.0. The maximum Gasteiger partial charge on any atom is 0.417 e. The Labute approximate surface area is 183 Å². The zero-order valence-corrected chi connectivity index (χ0v) is 17.4. The summed E-state index contributed by atoms with van der Waals surface area (Å²) in [5.41, 5.74) is 1.38. The molecule has 1 unspecified atom stereocenters. The molecule has 0 bridgehead atoms. The number of rotatable bonds is 5. The Morgan fingerprint density at radius 3 is 2.52 bits per heavy atom. The van der Waals surface area contributed by atoms with Crippen LogP contribution in [0.25, 0.3) is 0 Å². The highest BCUT2D eigenvalue weighted by atomic mass is 35.5. The number of halogens is 4. The maximum absolute atomic E-state index is 13.0. The quantitative estimate of drug-likeness (QED) is 0.469. The van der Waals surface area contributed by atoms with E-state index < -0.39 is 34.7 Å². The molecule has 2 heterocycles. The number of benzene rings is 1. The van der Waals surface area contributed by atoms with Gasteiger partial charge in [-0.3, -0.25) is 4.79 Å². The van der Waals surface area contributed by atoms with Gasteiger partial charge in [0, 0.05) is 5.38 Å². The minimum Gasteiger partial charge on any atom is -0.331 e. The van der Waals surface area contributed by atoms with Crippen LogP contribution in [0.5, 0.6) is 0 Å². The van der Waals surface area contributed by atoms with Gasteiger partial charge in [-0.15, -0.1) is 11.3 Å². The van der Waals surface area contributed by atoms with Crippen molar-refractivity contribution >= 4 is 46.4 Å². The number of nitrogens with one attached hydrogen (secondary N) is 3. The molecule has 1 atom stereocenters. The summed E-state index contributed by atoms with van der Waals surface area (Å²) in [5.74, 6) is -0.152. The second-order valence-electron chi connectivity index (χ2n) is 6.32. The first-order chi connectivity index (χ1) is 14.6. The van der Waals surface area contributed by atoms with Gasteiger partial charge in [-0.05, 0) is 36.8 Å². The van der Waals surface area contributed by atoms with Gasteiger partial charge < -0.3 is 16.0 Å². The highest BCUT2D eigenvalue weighted by Crippen LogP contribution is 2.36. The molecule has 0 radical (unpaired) electrons. The van der Waals surface area contributed by atoms with Gasteiger partial charge in [0.1, 0.15) is 11.5 Å². The number of amides is 3. The first kappa shape index (κ1) is 22.5. The Bertz CT molecular complexity index is 1080. The molecule has 3 amide bonds. The average molecular weight is 470 g/mol. The molecule has 31 heavy (non-hydrogen) atoms. The van der Waals surface area contributed by atoms with Crippen molar-refractivity contribution in [3.8, 4) is 0 Å². The summed E-state index contributed by atoms with van der Waals surface area (Å²) in [6.07, 6.45) is -3.28. The molecule has 1 aromatic carbocycles. The fraction of sp³-hybridized carbons (Fsp3) is 0.158. The molecule has 7 nitrogen and oxygen atoms in total. The van der Waals surface area contributed by atoms with Crippen molar-refractivity contribution in [2.45, 2.75) is 19.1 Å². The smallest absolute Gasteiger partial charge is 0.331 e. The summed E-state index contributed by atoms with van der Waals surface area (Å²) in [4.78, 5) is 32.0. The van der Waals surface area contributed by atoms with Gasteiger partial charge >= 0.3 is 12.2 Å². The molecule has 0 aliphatic carbocycles. The van der Waals surface area contributed by atoms with Gasteiger partial charge in [0.15, 0.2) is 0 Å². The zero-order chi connectivity index (χ0) is 22.6. The van der Waals surface area contributed by atoms with Gasteiger partial charge in [0.2, 0.25) is 0 Å². The third-order valence-corrected chi connectivity index (χ3v) is 4.99. The summed E-state index contributed by atoms with van der Waals surface area (Å²) < 4.78 is 39.0. The van der Waals surface area contributed by atoms with E-state index in [0.717, 1.165) is 12.1 Å². The number of nitrogens with zero attached hydrogens (tertiary/aromatic N) is 2.